The Kier molecular flexibility index (Phi) is 4.22. The van der Waals surface area contributed by atoms with Gasteiger partial charge in [0, 0.05) is 43.0 Å². The number of para-hydroxylation sites is 2. The van der Waals surface area contributed by atoms with Crippen molar-refractivity contribution < 1.29 is 0 Å². The summed E-state index contributed by atoms with van der Waals surface area (Å²) in [6, 6.07) is 17.0. The van der Waals surface area contributed by atoms with Crippen LogP contribution in [0.4, 0.5) is 11.4 Å². The zero-order valence-electron chi connectivity index (χ0n) is 16.9. The zero-order valence-corrected chi connectivity index (χ0v) is 16.9. The van der Waals surface area contributed by atoms with E-state index in [0.717, 1.165) is 5.92 Å². The lowest BCUT2D eigenvalue weighted by Gasteiger charge is -2.41. The van der Waals surface area contributed by atoms with E-state index in [2.05, 4.69) is 52.3 Å². The molecule has 0 N–H and O–H groups in total. The van der Waals surface area contributed by atoms with Crippen LogP contribution in [0.25, 0.3) is 0 Å². The van der Waals surface area contributed by atoms with Crippen molar-refractivity contribution in [2.45, 2.75) is 63.3 Å². The summed E-state index contributed by atoms with van der Waals surface area (Å²) in [4.78, 5) is 5.57. The third kappa shape index (κ3) is 2.72. The molecular weight excluding hydrogens is 340 g/mol. The number of likely N-dealkylation sites (tertiary alicyclic amines) is 1. The summed E-state index contributed by atoms with van der Waals surface area (Å²) in [5.74, 6) is 1.63. The van der Waals surface area contributed by atoms with Crippen LogP contribution in [0.2, 0.25) is 0 Å². The lowest BCUT2D eigenvalue weighted by molar-refractivity contribution is 0.153. The molecule has 3 aliphatic heterocycles. The van der Waals surface area contributed by atoms with Crippen LogP contribution in [0.15, 0.2) is 42.5 Å². The highest BCUT2D eigenvalue weighted by atomic mass is 15.2. The Morgan fingerprint density at radius 1 is 0.821 bits per heavy atom. The van der Waals surface area contributed by atoms with Gasteiger partial charge in [-0.3, -0.25) is 0 Å². The number of rotatable bonds is 2. The molecule has 0 spiro atoms. The highest BCUT2D eigenvalue weighted by Gasteiger charge is 2.44. The monoisotopic (exact) mass is 372 g/mol. The molecule has 0 aromatic heterocycles. The van der Waals surface area contributed by atoms with Gasteiger partial charge in [0.05, 0.1) is 0 Å². The Bertz CT molecular complexity index is 866. The topological polar surface area (TPSA) is 6.48 Å². The SMILES string of the molecule is c1ccc2c(c1)CCc1cccc3c1N2C1CCN(CC2CCCCC2)CC31. The molecule has 3 heterocycles. The molecule has 1 saturated carbocycles. The van der Waals surface area contributed by atoms with E-state index in [0.29, 0.717) is 12.0 Å². The molecule has 1 saturated heterocycles. The molecule has 2 unspecified atom stereocenters. The number of anilines is 2. The van der Waals surface area contributed by atoms with Crippen molar-refractivity contribution in [3.05, 3.63) is 59.2 Å². The number of hydrogen-bond donors (Lipinski definition) is 0. The number of aryl methyl sites for hydroxylation is 2. The van der Waals surface area contributed by atoms with Crippen molar-refractivity contribution in [2.24, 2.45) is 5.92 Å². The Morgan fingerprint density at radius 3 is 2.57 bits per heavy atom. The van der Waals surface area contributed by atoms with Crippen LogP contribution in [-0.4, -0.2) is 30.6 Å². The molecule has 4 aliphatic rings. The van der Waals surface area contributed by atoms with E-state index in [4.69, 9.17) is 0 Å². The minimum Gasteiger partial charge on any atom is -0.337 e. The van der Waals surface area contributed by atoms with Gasteiger partial charge < -0.3 is 9.80 Å². The molecule has 6 rings (SSSR count). The third-order valence-electron chi connectivity index (χ3n) is 7.94. The first-order valence-electron chi connectivity index (χ1n) is 11.6. The lowest BCUT2D eigenvalue weighted by atomic mass is 9.85. The van der Waals surface area contributed by atoms with Gasteiger partial charge >= 0.3 is 0 Å². The van der Waals surface area contributed by atoms with Gasteiger partial charge in [-0.05, 0) is 60.8 Å². The van der Waals surface area contributed by atoms with Gasteiger partial charge in [0.25, 0.3) is 0 Å². The van der Waals surface area contributed by atoms with Crippen molar-refractivity contribution in [1.29, 1.82) is 0 Å². The minimum atomic E-state index is 0.651. The summed E-state index contributed by atoms with van der Waals surface area (Å²) in [5.41, 5.74) is 7.80. The molecule has 0 amide bonds. The van der Waals surface area contributed by atoms with Crippen molar-refractivity contribution in [3.63, 3.8) is 0 Å². The Labute approximate surface area is 169 Å². The predicted molar refractivity (Wildman–Crippen MR) is 117 cm³/mol. The fourth-order valence-electron chi connectivity index (χ4n) is 6.62. The number of benzene rings is 2. The second-order valence-corrected chi connectivity index (χ2v) is 9.58. The van der Waals surface area contributed by atoms with Crippen LogP contribution in [0.3, 0.4) is 0 Å². The molecule has 2 aromatic rings. The van der Waals surface area contributed by atoms with Gasteiger partial charge in [-0.25, -0.2) is 0 Å². The van der Waals surface area contributed by atoms with E-state index in [9.17, 15) is 0 Å². The minimum absolute atomic E-state index is 0.651. The van der Waals surface area contributed by atoms with Crippen molar-refractivity contribution in [3.8, 4) is 0 Å². The Balaban J connectivity index is 1.34. The van der Waals surface area contributed by atoms with E-state index < -0.39 is 0 Å². The quantitative estimate of drug-likeness (QED) is 0.669. The average Bonchev–Trinajstić information content (AvgIpc) is 2.97. The van der Waals surface area contributed by atoms with Crippen LogP contribution < -0.4 is 4.90 Å². The molecule has 0 radical (unpaired) electrons. The van der Waals surface area contributed by atoms with E-state index in [1.165, 1.54) is 82.3 Å². The Hall–Kier alpha value is -1.80. The first-order valence-corrected chi connectivity index (χ1v) is 11.6. The second kappa shape index (κ2) is 6.91. The maximum absolute atomic E-state index is 2.81. The van der Waals surface area contributed by atoms with E-state index in [1.807, 2.05) is 0 Å². The molecule has 2 nitrogen and oxygen atoms in total. The van der Waals surface area contributed by atoms with Gasteiger partial charge in [0.2, 0.25) is 0 Å². The molecule has 2 fully saturated rings. The molecule has 28 heavy (non-hydrogen) atoms. The highest BCUT2D eigenvalue weighted by molar-refractivity contribution is 5.79. The van der Waals surface area contributed by atoms with Crippen LogP contribution in [0.5, 0.6) is 0 Å². The maximum atomic E-state index is 2.81. The van der Waals surface area contributed by atoms with E-state index in [1.54, 1.807) is 16.8 Å². The molecule has 146 valence electrons. The summed E-state index contributed by atoms with van der Waals surface area (Å²) in [6.45, 7) is 3.88. The van der Waals surface area contributed by atoms with Gasteiger partial charge in [0.1, 0.15) is 0 Å². The second-order valence-electron chi connectivity index (χ2n) is 9.58. The first kappa shape index (κ1) is 17.1. The van der Waals surface area contributed by atoms with Crippen molar-refractivity contribution >= 4 is 11.4 Å². The van der Waals surface area contributed by atoms with Crippen LogP contribution >= 0.6 is 0 Å². The Morgan fingerprint density at radius 2 is 1.64 bits per heavy atom. The predicted octanol–water partition coefficient (Wildman–Crippen LogP) is 5.68. The summed E-state index contributed by atoms with van der Waals surface area (Å²) >= 11 is 0. The molecule has 1 aliphatic carbocycles. The van der Waals surface area contributed by atoms with Crippen molar-refractivity contribution in [1.82, 2.24) is 4.90 Å². The number of fused-ring (bicyclic) bond motifs is 5. The molecule has 2 atom stereocenters. The van der Waals surface area contributed by atoms with Gasteiger partial charge in [-0.15, -0.1) is 0 Å². The lowest BCUT2D eigenvalue weighted by Crippen LogP contribution is -2.46. The van der Waals surface area contributed by atoms with E-state index in [-0.39, 0.29) is 0 Å². The molecule has 2 heteroatoms. The molecule has 0 bridgehead atoms. The van der Waals surface area contributed by atoms with Gasteiger partial charge in [-0.2, -0.15) is 0 Å². The summed E-state index contributed by atoms with van der Waals surface area (Å²) < 4.78 is 0. The highest BCUT2D eigenvalue weighted by Crippen LogP contribution is 2.52. The fourth-order valence-corrected chi connectivity index (χ4v) is 6.62. The standard InChI is InChI=1S/C26H32N2/c1-2-7-19(8-3-1)17-27-16-15-25-23(18-27)22-11-6-10-21-14-13-20-9-4-5-12-24(20)28(25)26(21)22/h4-6,9-12,19,23,25H,1-3,7-8,13-18H2. The number of nitrogens with zero attached hydrogens (tertiary/aromatic N) is 2. The maximum Gasteiger partial charge on any atom is 0.0483 e. The first-order chi connectivity index (χ1) is 13.9. The van der Waals surface area contributed by atoms with Gasteiger partial charge in [0.15, 0.2) is 0 Å². The molecule has 2 aromatic carbocycles. The summed E-state index contributed by atoms with van der Waals surface area (Å²) in [6.07, 6.45) is 11.0. The summed E-state index contributed by atoms with van der Waals surface area (Å²) in [7, 11) is 0. The fraction of sp³-hybridized carbons (Fsp3) is 0.538. The van der Waals surface area contributed by atoms with Crippen LogP contribution in [0.1, 0.15) is 61.1 Å². The number of hydrogen-bond acceptors (Lipinski definition) is 2. The molecular formula is C26H32N2. The van der Waals surface area contributed by atoms with E-state index >= 15 is 0 Å². The van der Waals surface area contributed by atoms with Crippen LogP contribution in [0, 0.1) is 5.92 Å². The van der Waals surface area contributed by atoms with Crippen molar-refractivity contribution in [2.75, 3.05) is 24.5 Å². The smallest absolute Gasteiger partial charge is 0.0483 e. The van der Waals surface area contributed by atoms with Gasteiger partial charge in [-0.1, -0.05) is 55.7 Å². The zero-order chi connectivity index (χ0) is 18.5. The normalized spacial score (nSPS) is 27.1. The number of piperidine rings is 1. The summed E-state index contributed by atoms with van der Waals surface area (Å²) in [5, 5.41) is 0. The third-order valence-corrected chi connectivity index (χ3v) is 7.94. The largest absolute Gasteiger partial charge is 0.337 e. The van der Waals surface area contributed by atoms with Crippen LogP contribution in [-0.2, 0) is 12.8 Å². The average molecular weight is 373 g/mol.